The van der Waals surface area contributed by atoms with Gasteiger partial charge in [-0.25, -0.2) is 0 Å². The van der Waals surface area contributed by atoms with Gasteiger partial charge in [0.25, 0.3) is 0 Å². The number of amides is 1. The molecule has 1 aliphatic heterocycles. The highest BCUT2D eigenvalue weighted by molar-refractivity contribution is 5.94. The number of carbonyl (C=O) groups excluding carboxylic acids is 1. The first kappa shape index (κ1) is 14.9. The van der Waals surface area contributed by atoms with E-state index in [9.17, 15) is 4.79 Å². The van der Waals surface area contributed by atoms with Crippen LogP contribution in [0.1, 0.15) is 18.3 Å². The highest BCUT2D eigenvalue weighted by Crippen LogP contribution is 2.24. The summed E-state index contributed by atoms with van der Waals surface area (Å²) in [5.74, 6) is -0.219. The first-order chi connectivity index (χ1) is 9.70. The van der Waals surface area contributed by atoms with E-state index in [1.54, 1.807) is 19.2 Å². The zero-order valence-electron chi connectivity index (χ0n) is 11.5. The van der Waals surface area contributed by atoms with Crippen molar-refractivity contribution in [3.05, 3.63) is 29.8 Å². The monoisotopic (exact) mass is 280 g/mol. The topological polar surface area (TPSA) is 82.8 Å². The van der Waals surface area contributed by atoms with Crippen molar-refractivity contribution >= 4 is 11.6 Å². The minimum absolute atomic E-state index is 0.219. The third-order valence-corrected chi connectivity index (χ3v) is 3.04. The van der Waals surface area contributed by atoms with Gasteiger partial charge >= 0.3 is 0 Å². The Kier molecular flexibility index (Phi) is 5.49. The smallest absolute Gasteiger partial charge is 0.241 e. The van der Waals surface area contributed by atoms with E-state index in [1.807, 2.05) is 12.1 Å². The van der Waals surface area contributed by atoms with E-state index in [4.69, 9.17) is 19.9 Å². The lowest BCUT2D eigenvalue weighted by Crippen LogP contribution is -2.36. The van der Waals surface area contributed by atoms with Crippen molar-refractivity contribution in [2.75, 3.05) is 32.2 Å². The molecule has 1 amide bonds. The molecule has 0 bridgehead atoms. The number of ether oxygens (including phenoxy) is 3. The first-order valence-corrected chi connectivity index (χ1v) is 6.59. The minimum Gasteiger partial charge on any atom is -0.385 e. The molecule has 0 radical (unpaired) electrons. The molecule has 20 heavy (non-hydrogen) atoms. The predicted octanol–water partition coefficient (Wildman–Crippen LogP) is 1.03. The van der Waals surface area contributed by atoms with Gasteiger partial charge in [0.15, 0.2) is 6.29 Å². The van der Waals surface area contributed by atoms with Crippen LogP contribution in [0, 0.1) is 0 Å². The fourth-order valence-electron chi connectivity index (χ4n) is 1.89. The van der Waals surface area contributed by atoms with E-state index in [2.05, 4.69) is 5.32 Å². The van der Waals surface area contributed by atoms with Crippen molar-refractivity contribution in [3.63, 3.8) is 0 Å². The summed E-state index contributed by atoms with van der Waals surface area (Å²) in [6.07, 6.45) is 0.188. The van der Waals surface area contributed by atoms with Crippen molar-refractivity contribution in [2.24, 2.45) is 5.73 Å². The van der Waals surface area contributed by atoms with Crippen LogP contribution in [0.2, 0.25) is 0 Å². The Morgan fingerprint density at radius 1 is 1.40 bits per heavy atom. The highest BCUT2D eigenvalue weighted by atomic mass is 16.7. The molecule has 1 aromatic carbocycles. The quantitative estimate of drug-likeness (QED) is 0.813. The number of rotatable bonds is 6. The van der Waals surface area contributed by atoms with Crippen molar-refractivity contribution in [3.8, 4) is 0 Å². The normalized spacial score (nSPS) is 17.1. The van der Waals surface area contributed by atoms with Crippen LogP contribution in [0.5, 0.6) is 0 Å². The van der Waals surface area contributed by atoms with E-state index in [0.717, 1.165) is 5.56 Å². The number of nitrogens with one attached hydrogen (secondary N) is 1. The summed E-state index contributed by atoms with van der Waals surface area (Å²) in [5, 5.41) is 2.77. The van der Waals surface area contributed by atoms with Gasteiger partial charge < -0.3 is 25.3 Å². The van der Waals surface area contributed by atoms with Gasteiger partial charge in [-0.3, -0.25) is 4.79 Å². The summed E-state index contributed by atoms with van der Waals surface area (Å²) in [7, 11) is 1.58. The second kappa shape index (κ2) is 7.35. The van der Waals surface area contributed by atoms with Gasteiger partial charge in [0.1, 0.15) is 0 Å². The van der Waals surface area contributed by atoms with Crippen LogP contribution in [0.15, 0.2) is 24.3 Å². The summed E-state index contributed by atoms with van der Waals surface area (Å²) in [5.41, 5.74) is 7.38. The second-order valence-electron chi connectivity index (χ2n) is 4.57. The first-order valence-electron chi connectivity index (χ1n) is 6.59. The SMILES string of the molecule is COCCC(N)C(=O)Nc1ccc(C2OCCO2)cc1. The molecule has 0 aromatic heterocycles. The Morgan fingerprint density at radius 2 is 2.05 bits per heavy atom. The standard InChI is InChI=1S/C14H20N2O4/c1-18-7-6-12(15)13(17)16-11-4-2-10(3-5-11)14-19-8-9-20-14/h2-5,12,14H,6-9,15H2,1H3,(H,16,17). The van der Waals surface area contributed by atoms with Gasteiger partial charge in [-0.05, 0) is 18.6 Å². The molecule has 1 saturated heterocycles. The molecule has 1 heterocycles. The van der Waals surface area contributed by atoms with Gasteiger partial charge in [0.05, 0.1) is 19.3 Å². The molecule has 6 nitrogen and oxygen atoms in total. The molecule has 0 saturated carbocycles. The Hall–Kier alpha value is -1.47. The van der Waals surface area contributed by atoms with Crippen molar-refractivity contribution in [2.45, 2.75) is 18.8 Å². The Morgan fingerprint density at radius 3 is 2.65 bits per heavy atom. The summed E-state index contributed by atoms with van der Waals surface area (Å²) in [6.45, 7) is 1.68. The van der Waals surface area contributed by atoms with Crippen LogP contribution in [-0.2, 0) is 19.0 Å². The molecule has 1 aromatic rings. The fraction of sp³-hybridized carbons (Fsp3) is 0.500. The maximum Gasteiger partial charge on any atom is 0.241 e. The minimum atomic E-state index is -0.573. The van der Waals surface area contributed by atoms with E-state index in [-0.39, 0.29) is 12.2 Å². The third kappa shape index (κ3) is 4.01. The van der Waals surface area contributed by atoms with E-state index in [0.29, 0.717) is 31.9 Å². The molecule has 6 heteroatoms. The van der Waals surface area contributed by atoms with Crippen LogP contribution >= 0.6 is 0 Å². The molecule has 2 rings (SSSR count). The molecule has 1 atom stereocenters. The molecular formula is C14H20N2O4. The number of methoxy groups -OCH3 is 1. The average molecular weight is 280 g/mol. The van der Waals surface area contributed by atoms with Gasteiger partial charge in [-0.15, -0.1) is 0 Å². The van der Waals surface area contributed by atoms with Crippen molar-refractivity contribution in [1.82, 2.24) is 0 Å². The lowest BCUT2D eigenvalue weighted by atomic mass is 10.1. The van der Waals surface area contributed by atoms with Crippen LogP contribution in [0.4, 0.5) is 5.69 Å². The Balaban J connectivity index is 1.88. The predicted molar refractivity (Wildman–Crippen MR) is 74.2 cm³/mol. The number of benzene rings is 1. The number of carbonyl (C=O) groups is 1. The van der Waals surface area contributed by atoms with Crippen LogP contribution in [0.25, 0.3) is 0 Å². The average Bonchev–Trinajstić information content (AvgIpc) is 2.99. The van der Waals surface area contributed by atoms with Gasteiger partial charge in [0.2, 0.25) is 5.91 Å². The molecule has 1 unspecified atom stereocenters. The lowest BCUT2D eigenvalue weighted by molar-refractivity contribution is -0.117. The zero-order valence-corrected chi connectivity index (χ0v) is 11.5. The summed E-state index contributed by atoms with van der Waals surface area (Å²) in [6, 6.07) is 6.78. The zero-order chi connectivity index (χ0) is 14.4. The van der Waals surface area contributed by atoms with E-state index >= 15 is 0 Å². The molecule has 3 N–H and O–H groups in total. The summed E-state index contributed by atoms with van der Waals surface area (Å²) < 4.78 is 15.7. The number of hydrogen-bond donors (Lipinski definition) is 2. The molecular weight excluding hydrogens is 260 g/mol. The van der Waals surface area contributed by atoms with E-state index < -0.39 is 6.04 Å². The molecule has 1 fully saturated rings. The Bertz CT molecular complexity index is 429. The number of anilines is 1. The maximum absolute atomic E-state index is 11.8. The molecule has 1 aliphatic rings. The van der Waals surface area contributed by atoms with E-state index in [1.165, 1.54) is 0 Å². The summed E-state index contributed by atoms with van der Waals surface area (Å²) in [4.78, 5) is 11.8. The highest BCUT2D eigenvalue weighted by Gasteiger charge is 2.18. The van der Waals surface area contributed by atoms with Gasteiger partial charge in [-0.2, -0.15) is 0 Å². The fourth-order valence-corrected chi connectivity index (χ4v) is 1.89. The molecule has 110 valence electrons. The van der Waals surface area contributed by atoms with Crippen LogP contribution in [-0.4, -0.2) is 38.9 Å². The Labute approximate surface area is 118 Å². The summed E-state index contributed by atoms with van der Waals surface area (Å²) >= 11 is 0. The van der Waals surface area contributed by atoms with Crippen molar-refractivity contribution in [1.29, 1.82) is 0 Å². The van der Waals surface area contributed by atoms with Gasteiger partial charge in [-0.1, -0.05) is 12.1 Å². The maximum atomic E-state index is 11.8. The second-order valence-corrected chi connectivity index (χ2v) is 4.57. The third-order valence-electron chi connectivity index (χ3n) is 3.04. The van der Waals surface area contributed by atoms with Crippen LogP contribution < -0.4 is 11.1 Å². The van der Waals surface area contributed by atoms with Gasteiger partial charge in [0, 0.05) is 25.0 Å². The molecule has 0 aliphatic carbocycles. The molecule has 0 spiro atoms. The lowest BCUT2D eigenvalue weighted by Gasteiger charge is -2.13. The number of nitrogens with two attached hydrogens (primary N) is 1. The largest absolute Gasteiger partial charge is 0.385 e. The number of hydrogen-bond acceptors (Lipinski definition) is 5. The van der Waals surface area contributed by atoms with Crippen molar-refractivity contribution < 1.29 is 19.0 Å². The van der Waals surface area contributed by atoms with Crippen LogP contribution in [0.3, 0.4) is 0 Å².